The highest BCUT2D eigenvalue weighted by Crippen LogP contribution is 2.12. The van der Waals surface area contributed by atoms with Crippen LogP contribution in [0.1, 0.15) is 39.0 Å². The summed E-state index contributed by atoms with van der Waals surface area (Å²) in [4.78, 5) is 0. The Kier molecular flexibility index (Phi) is 7.92. The largest absolute Gasteiger partial charge is 0.307 e. The van der Waals surface area contributed by atoms with Crippen molar-refractivity contribution in [2.45, 2.75) is 51.1 Å². The molecule has 2 heteroatoms. The van der Waals surface area contributed by atoms with E-state index in [0.717, 1.165) is 12.8 Å². The molecule has 82 valence electrons. The second-order valence-corrected chi connectivity index (χ2v) is 3.80. The first-order chi connectivity index (χ1) is 6.36. The molecule has 0 bridgehead atoms. The van der Waals surface area contributed by atoms with E-state index in [1.54, 1.807) is 0 Å². The molecule has 1 aliphatic heterocycles. The molecule has 0 fully saturated rings. The number of unbranched alkanes of at least 4 members (excludes halogenated alkanes) is 1. The van der Waals surface area contributed by atoms with Crippen LogP contribution in [0.3, 0.4) is 0 Å². The van der Waals surface area contributed by atoms with E-state index in [1.807, 2.05) is 6.08 Å². The number of rotatable bonds is 5. The molecule has 2 atom stereocenters. The molecule has 1 aliphatic rings. The van der Waals surface area contributed by atoms with Gasteiger partial charge in [-0.2, -0.15) is 0 Å². The summed E-state index contributed by atoms with van der Waals surface area (Å²) in [6.07, 6.45) is 12.8. The third-order valence-corrected chi connectivity index (χ3v) is 2.56. The summed E-state index contributed by atoms with van der Waals surface area (Å²) in [5.74, 6) is 0. The highest BCUT2D eigenvalue weighted by molar-refractivity contribution is 5.85. The molecule has 0 aromatic carbocycles. The van der Waals surface area contributed by atoms with Crippen molar-refractivity contribution in [3.05, 3.63) is 24.8 Å². The van der Waals surface area contributed by atoms with Crippen LogP contribution in [0.4, 0.5) is 0 Å². The molecule has 0 saturated heterocycles. The molecule has 1 nitrogen and oxygen atoms in total. The van der Waals surface area contributed by atoms with Crippen molar-refractivity contribution < 1.29 is 0 Å². The van der Waals surface area contributed by atoms with Gasteiger partial charge in [0.05, 0.1) is 0 Å². The highest BCUT2D eigenvalue weighted by atomic mass is 35.5. The standard InChI is InChI=1S/C12H21N.ClH/c1-3-5-8-12-10-6-9-11(13-12)7-4-2;/h4,6,10-13H,2-3,5,7-9H2,1H3;1H. The molecule has 1 heterocycles. The second-order valence-electron chi connectivity index (χ2n) is 3.80. The number of hydrogen-bond acceptors (Lipinski definition) is 1. The topological polar surface area (TPSA) is 12.0 Å². The van der Waals surface area contributed by atoms with Crippen molar-refractivity contribution in [2.75, 3.05) is 0 Å². The highest BCUT2D eigenvalue weighted by Gasteiger charge is 2.14. The van der Waals surface area contributed by atoms with Crippen LogP contribution in [0.5, 0.6) is 0 Å². The number of hydrogen-bond donors (Lipinski definition) is 1. The van der Waals surface area contributed by atoms with Gasteiger partial charge >= 0.3 is 0 Å². The Bertz CT molecular complexity index is 177. The molecule has 0 amide bonds. The first kappa shape index (κ1) is 13.7. The molecule has 2 unspecified atom stereocenters. The zero-order valence-corrected chi connectivity index (χ0v) is 9.85. The normalized spacial score (nSPS) is 25.5. The first-order valence-corrected chi connectivity index (χ1v) is 5.40. The maximum absolute atomic E-state index is 3.78. The van der Waals surface area contributed by atoms with Gasteiger partial charge in [0.15, 0.2) is 0 Å². The van der Waals surface area contributed by atoms with E-state index in [2.05, 4.69) is 31.0 Å². The predicted octanol–water partition coefficient (Wildman–Crippen LogP) is 3.46. The van der Waals surface area contributed by atoms with Crippen molar-refractivity contribution in [2.24, 2.45) is 0 Å². The van der Waals surface area contributed by atoms with E-state index < -0.39 is 0 Å². The summed E-state index contributed by atoms with van der Waals surface area (Å²) in [5, 5.41) is 3.63. The summed E-state index contributed by atoms with van der Waals surface area (Å²) in [5.41, 5.74) is 0. The minimum Gasteiger partial charge on any atom is -0.307 e. The van der Waals surface area contributed by atoms with Gasteiger partial charge in [-0.3, -0.25) is 0 Å². The Balaban J connectivity index is 0.00000169. The van der Waals surface area contributed by atoms with E-state index in [0.29, 0.717) is 12.1 Å². The van der Waals surface area contributed by atoms with Crippen LogP contribution in [0, 0.1) is 0 Å². The minimum atomic E-state index is 0. The second kappa shape index (κ2) is 8.07. The predicted molar refractivity (Wildman–Crippen MR) is 66.1 cm³/mol. The Morgan fingerprint density at radius 1 is 1.57 bits per heavy atom. The molecular weight excluding hydrogens is 194 g/mol. The van der Waals surface area contributed by atoms with Gasteiger partial charge in [-0.1, -0.05) is 38.0 Å². The molecule has 0 saturated carbocycles. The zero-order chi connectivity index (χ0) is 9.52. The van der Waals surface area contributed by atoms with Crippen molar-refractivity contribution in [3.63, 3.8) is 0 Å². The molecule has 0 aromatic heterocycles. The maximum Gasteiger partial charge on any atom is 0.0252 e. The van der Waals surface area contributed by atoms with E-state index in [4.69, 9.17) is 0 Å². The molecule has 0 radical (unpaired) electrons. The van der Waals surface area contributed by atoms with Gasteiger partial charge in [0.25, 0.3) is 0 Å². The summed E-state index contributed by atoms with van der Waals surface area (Å²) in [7, 11) is 0. The van der Waals surface area contributed by atoms with Gasteiger partial charge in [0.2, 0.25) is 0 Å². The SMILES string of the molecule is C=CCC1CC=CC(CCCC)N1.Cl. The van der Waals surface area contributed by atoms with Gasteiger partial charge in [-0.15, -0.1) is 19.0 Å². The van der Waals surface area contributed by atoms with E-state index in [9.17, 15) is 0 Å². The van der Waals surface area contributed by atoms with E-state index in [1.165, 1.54) is 19.3 Å². The van der Waals surface area contributed by atoms with Crippen molar-refractivity contribution >= 4 is 12.4 Å². The van der Waals surface area contributed by atoms with Crippen LogP contribution in [0.25, 0.3) is 0 Å². The number of nitrogens with one attached hydrogen (secondary N) is 1. The summed E-state index contributed by atoms with van der Waals surface area (Å²) in [6.45, 7) is 6.02. The summed E-state index contributed by atoms with van der Waals surface area (Å²) < 4.78 is 0. The van der Waals surface area contributed by atoms with Crippen LogP contribution in [0.15, 0.2) is 24.8 Å². The molecule has 1 N–H and O–H groups in total. The molecular formula is C12H22ClN. The van der Waals surface area contributed by atoms with Crippen LogP contribution in [-0.4, -0.2) is 12.1 Å². The first-order valence-electron chi connectivity index (χ1n) is 5.40. The lowest BCUT2D eigenvalue weighted by Gasteiger charge is -2.26. The van der Waals surface area contributed by atoms with Crippen molar-refractivity contribution in [1.82, 2.24) is 5.32 Å². The van der Waals surface area contributed by atoms with Crippen molar-refractivity contribution in [1.29, 1.82) is 0 Å². The number of halogens is 1. The van der Waals surface area contributed by atoms with Crippen molar-refractivity contribution in [3.8, 4) is 0 Å². The monoisotopic (exact) mass is 215 g/mol. The third kappa shape index (κ3) is 4.83. The van der Waals surface area contributed by atoms with Crippen LogP contribution in [-0.2, 0) is 0 Å². The Labute approximate surface area is 94.1 Å². The minimum absolute atomic E-state index is 0. The average Bonchev–Trinajstić information content (AvgIpc) is 2.16. The lowest BCUT2D eigenvalue weighted by Crippen LogP contribution is -2.39. The van der Waals surface area contributed by atoms with Crippen LogP contribution >= 0.6 is 12.4 Å². The zero-order valence-electron chi connectivity index (χ0n) is 9.04. The summed E-state index contributed by atoms with van der Waals surface area (Å²) >= 11 is 0. The molecule has 0 aliphatic carbocycles. The van der Waals surface area contributed by atoms with Gasteiger partial charge in [-0.25, -0.2) is 0 Å². The van der Waals surface area contributed by atoms with Gasteiger partial charge in [0, 0.05) is 12.1 Å². The van der Waals surface area contributed by atoms with Gasteiger partial charge in [0.1, 0.15) is 0 Å². The van der Waals surface area contributed by atoms with Crippen LogP contribution in [0.2, 0.25) is 0 Å². The Morgan fingerprint density at radius 2 is 2.36 bits per heavy atom. The molecule has 0 aromatic rings. The fourth-order valence-corrected chi connectivity index (χ4v) is 1.80. The lowest BCUT2D eigenvalue weighted by atomic mass is 10.00. The smallest absolute Gasteiger partial charge is 0.0252 e. The third-order valence-electron chi connectivity index (χ3n) is 2.56. The van der Waals surface area contributed by atoms with Gasteiger partial charge in [-0.05, 0) is 19.3 Å². The average molecular weight is 216 g/mol. The Hall–Kier alpha value is -0.270. The quantitative estimate of drug-likeness (QED) is 0.693. The fourth-order valence-electron chi connectivity index (χ4n) is 1.80. The fraction of sp³-hybridized carbons (Fsp3) is 0.667. The van der Waals surface area contributed by atoms with E-state index >= 15 is 0 Å². The lowest BCUT2D eigenvalue weighted by molar-refractivity contribution is 0.429. The Morgan fingerprint density at radius 3 is 3.00 bits per heavy atom. The van der Waals surface area contributed by atoms with Crippen LogP contribution < -0.4 is 5.32 Å². The van der Waals surface area contributed by atoms with E-state index in [-0.39, 0.29) is 12.4 Å². The molecule has 0 spiro atoms. The summed E-state index contributed by atoms with van der Waals surface area (Å²) in [6, 6.07) is 1.24. The molecule has 14 heavy (non-hydrogen) atoms. The maximum atomic E-state index is 3.78. The van der Waals surface area contributed by atoms with Gasteiger partial charge < -0.3 is 5.32 Å². The molecule has 1 rings (SSSR count).